The average molecular weight is 612 g/mol. The van der Waals surface area contributed by atoms with Gasteiger partial charge in [-0.05, 0) is 0 Å². The van der Waals surface area contributed by atoms with Crippen LogP contribution in [0.1, 0.15) is 25.3 Å². The second kappa shape index (κ2) is 11.5. The van der Waals surface area contributed by atoms with Gasteiger partial charge in [-0.15, -0.1) is 18.5 Å². The maximum absolute atomic E-state index is 14.8. The van der Waals surface area contributed by atoms with Gasteiger partial charge in [-0.2, -0.15) is 0 Å². The van der Waals surface area contributed by atoms with Crippen LogP contribution in [0.25, 0.3) is 22.3 Å². The summed E-state index contributed by atoms with van der Waals surface area (Å²) in [7, 11) is -5.71. The topological polar surface area (TPSA) is 240 Å². The molecule has 6 rings (SSSR count). The van der Waals surface area contributed by atoms with E-state index in [1.165, 1.54) is 25.3 Å². The van der Waals surface area contributed by atoms with Crippen molar-refractivity contribution in [2.24, 2.45) is 0 Å². The summed E-state index contributed by atoms with van der Waals surface area (Å²) in [5, 5.41) is 0. The molecule has 0 bridgehead atoms. The molecule has 0 amide bonds. The molecule has 2 saturated heterocycles. The van der Waals surface area contributed by atoms with E-state index >= 15 is 0 Å². The van der Waals surface area contributed by atoms with Crippen molar-refractivity contribution in [2.45, 2.75) is 49.8 Å². The SMILES string of the molecule is Nc1ncnc2c1ncn2[C@H]1C[C@@H](F)C(CO[P+](=O)O[C@H]2C[C@H](n3cnc4c(N)ncnc43)O[C@@H]2CO[P+](=O)O)O1. The molecule has 8 atom stereocenters. The summed E-state index contributed by atoms with van der Waals surface area (Å²) in [6.07, 6.45) is -0.225. The molecule has 21 heteroatoms. The monoisotopic (exact) mass is 612 g/mol. The van der Waals surface area contributed by atoms with Crippen molar-refractivity contribution < 1.29 is 41.5 Å². The largest absolute Gasteiger partial charge is 0.697 e. The fourth-order valence-corrected chi connectivity index (χ4v) is 5.76. The van der Waals surface area contributed by atoms with Gasteiger partial charge in [0, 0.05) is 22.0 Å². The van der Waals surface area contributed by atoms with Crippen LogP contribution in [0, 0.1) is 0 Å². The summed E-state index contributed by atoms with van der Waals surface area (Å²) in [5.74, 6) is 0.359. The summed E-state index contributed by atoms with van der Waals surface area (Å²) in [6, 6.07) is 0. The molecule has 0 aliphatic carbocycles. The first-order valence-electron chi connectivity index (χ1n) is 12.2. The van der Waals surface area contributed by atoms with Gasteiger partial charge in [0.2, 0.25) is 0 Å². The van der Waals surface area contributed by atoms with Gasteiger partial charge in [0.15, 0.2) is 22.9 Å². The fourth-order valence-electron chi connectivity index (χ4n) is 4.72. The van der Waals surface area contributed by atoms with Gasteiger partial charge >= 0.3 is 16.5 Å². The van der Waals surface area contributed by atoms with E-state index in [4.69, 9.17) is 39.4 Å². The van der Waals surface area contributed by atoms with E-state index in [0.29, 0.717) is 22.3 Å². The van der Waals surface area contributed by atoms with E-state index in [1.54, 1.807) is 9.13 Å². The zero-order valence-corrected chi connectivity index (χ0v) is 22.7. The molecule has 216 valence electrons. The number of anilines is 2. The van der Waals surface area contributed by atoms with Crippen LogP contribution < -0.4 is 11.5 Å². The van der Waals surface area contributed by atoms with Crippen molar-refractivity contribution in [3.8, 4) is 0 Å². The molecule has 41 heavy (non-hydrogen) atoms. The molecule has 0 aromatic carbocycles. The number of alkyl halides is 1. The van der Waals surface area contributed by atoms with Gasteiger partial charge in [-0.25, -0.2) is 34.3 Å². The molecule has 0 radical (unpaired) electrons. The second-order valence-electron chi connectivity index (χ2n) is 9.11. The summed E-state index contributed by atoms with van der Waals surface area (Å²) < 4.78 is 69.2. The zero-order chi connectivity index (χ0) is 28.7. The lowest BCUT2D eigenvalue weighted by Crippen LogP contribution is -2.27. The van der Waals surface area contributed by atoms with Crippen molar-refractivity contribution >= 4 is 50.5 Å². The molecule has 3 unspecified atom stereocenters. The predicted molar refractivity (Wildman–Crippen MR) is 136 cm³/mol. The van der Waals surface area contributed by atoms with E-state index in [2.05, 4.69) is 29.9 Å². The minimum Gasteiger partial charge on any atom is -0.382 e. The second-order valence-corrected chi connectivity index (χ2v) is 10.8. The number of hydrogen-bond acceptors (Lipinski definition) is 15. The Morgan fingerprint density at radius 3 is 2.05 bits per heavy atom. The molecule has 4 aromatic rings. The van der Waals surface area contributed by atoms with Crippen LogP contribution in [0.15, 0.2) is 25.3 Å². The molecule has 2 aliphatic rings. The number of aromatic nitrogens is 8. The number of ether oxygens (including phenoxy) is 2. The number of hydrogen-bond donors (Lipinski definition) is 3. The quantitative estimate of drug-likeness (QED) is 0.215. The minimum atomic E-state index is -2.92. The molecule has 5 N–H and O–H groups in total. The minimum absolute atomic E-state index is 0.0230. The molecular formula is C20H23FN10O8P2+2. The highest BCUT2D eigenvalue weighted by atomic mass is 31.1. The number of nitrogens with two attached hydrogens (primary N) is 2. The van der Waals surface area contributed by atoms with Gasteiger partial charge in [-0.3, -0.25) is 9.13 Å². The van der Waals surface area contributed by atoms with Crippen LogP contribution in [0.3, 0.4) is 0 Å². The third-order valence-electron chi connectivity index (χ3n) is 6.65. The summed E-state index contributed by atoms with van der Waals surface area (Å²) in [6.45, 7) is -0.716. The first-order chi connectivity index (χ1) is 19.8. The van der Waals surface area contributed by atoms with Gasteiger partial charge in [0.1, 0.15) is 73.8 Å². The smallest absolute Gasteiger partial charge is 0.382 e. The molecule has 6 heterocycles. The summed E-state index contributed by atoms with van der Waals surface area (Å²) in [5.41, 5.74) is 13.2. The molecule has 2 fully saturated rings. The van der Waals surface area contributed by atoms with E-state index in [1.807, 2.05) is 0 Å². The standard InChI is InChI=1S/C20H22FN10O8P2/c21-9-1-13(30-7-28-15-17(22)24-5-26-19(15)30)37-11(9)3-36-41(34)39-10-2-14(38-12(10)4-35-40(32)33)31-8-29-16-18(23)25-6-27-20(16)31/h5-14H,1-4H2,(H4-,22,23,24,25,26,27,32,33)/q+1/p+1/t9-,10+,11?,12-,13-,14-/m1/s1. The molecule has 2 aliphatic heterocycles. The molecular weight excluding hydrogens is 589 g/mol. The number of imidazole rings is 2. The van der Waals surface area contributed by atoms with Crippen LogP contribution >= 0.6 is 16.5 Å². The predicted octanol–water partition coefficient (Wildman–Crippen LogP) is 1.47. The lowest BCUT2D eigenvalue weighted by Gasteiger charge is -2.13. The first-order valence-corrected chi connectivity index (χ1v) is 14.4. The Bertz CT molecular complexity index is 1610. The Kier molecular flexibility index (Phi) is 7.76. The van der Waals surface area contributed by atoms with Crippen molar-refractivity contribution in [3.63, 3.8) is 0 Å². The lowest BCUT2D eigenvalue weighted by molar-refractivity contribution is -0.0407. The number of fused-ring (bicyclic) bond motifs is 2. The fraction of sp³-hybridized carbons (Fsp3) is 0.500. The third kappa shape index (κ3) is 5.58. The van der Waals surface area contributed by atoms with Crippen LogP contribution in [0.2, 0.25) is 0 Å². The number of nitrogens with zero attached hydrogens (tertiary/aromatic N) is 8. The first kappa shape index (κ1) is 27.7. The average Bonchev–Trinajstić information content (AvgIpc) is 3.72. The van der Waals surface area contributed by atoms with E-state index in [0.717, 1.165) is 0 Å². The van der Waals surface area contributed by atoms with Crippen molar-refractivity contribution in [1.29, 1.82) is 0 Å². The molecule has 0 saturated carbocycles. The van der Waals surface area contributed by atoms with Gasteiger partial charge in [0.05, 0.1) is 12.7 Å². The lowest BCUT2D eigenvalue weighted by atomic mass is 10.2. The molecule has 4 aromatic heterocycles. The maximum atomic E-state index is 14.8. The third-order valence-corrected chi connectivity index (χ3v) is 7.82. The Balaban J connectivity index is 1.09. The van der Waals surface area contributed by atoms with Crippen LogP contribution in [0.5, 0.6) is 0 Å². The molecule has 0 spiro atoms. The molecule has 18 nitrogen and oxygen atoms in total. The highest BCUT2D eigenvalue weighted by molar-refractivity contribution is 7.33. The number of nitrogen functional groups attached to an aromatic ring is 2. The van der Waals surface area contributed by atoms with Crippen molar-refractivity contribution in [3.05, 3.63) is 25.3 Å². The normalized spacial score (nSPS) is 27.2. The highest BCUT2D eigenvalue weighted by Crippen LogP contribution is 2.41. The van der Waals surface area contributed by atoms with Crippen LogP contribution in [0.4, 0.5) is 16.0 Å². The van der Waals surface area contributed by atoms with Gasteiger partial charge < -0.3 is 20.9 Å². The Labute approximate surface area is 231 Å². The Hall–Kier alpha value is -3.41. The Morgan fingerprint density at radius 1 is 0.878 bits per heavy atom. The maximum Gasteiger partial charge on any atom is 0.697 e. The van der Waals surface area contributed by atoms with Crippen LogP contribution in [-0.2, 0) is 32.2 Å². The summed E-state index contributed by atoms with van der Waals surface area (Å²) >= 11 is 0. The van der Waals surface area contributed by atoms with E-state index < -0.39 is 53.4 Å². The number of halogens is 1. The zero-order valence-electron chi connectivity index (χ0n) is 20.9. The van der Waals surface area contributed by atoms with Crippen molar-refractivity contribution in [2.75, 3.05) is 24.7 Å². The van der Waals surface area contributed by atoms with E-state index in [-0.39, 0.29) is 37.7 Å². The summed E-state index contributed by atoms with van der Waals surface area (Å²) in [4.78, 5) is 33.5. The van der Waals surface area contributed by atoms with Gasteiger partial charge in [0.25, 0.3) is 0 Å². The van der Waals surface area contributed by atoms with E-state index in [9.17, 15) is 13.5 Å². The number of rotatable bonds is 10. The Morgan fingerprint density at radius 2 is 1.44 bits per heavy atom. The highest BCUT2D eigenvalue weighted by Gasteiger charge is 2.46. The van der Waals surface area contributed by atoms with Gasteiger partial charge in [-0.1, -0.05) is 0 Å². The van der Waals surface area contributed by atoms with Crippen molar-refractivity contribution in [1.82, 2.24) is 39.0 Å². The van der Waals surface area contributed by atoms with Crippen LogP contribution in [-0.4, -0.2) is 81.6 Å².